The van der Waals surface area contributed by atoms with Crippen LogP contribution < -0.4 is 5.32 Å². The van der Waals surface area contributed by atoms with E-state index in [2.05, 4.69) is 27.4 Å². The zero-order valence-corrected chi connectivity index (χ0v) is 14.1. The average molecular weight is 338 g/mol. The van der Waals surface area contributed by atoms with Crippen LogP contribution in [0.4, 0.5) is 5.95 Å². The molecule has 1 aromatic carbocycles. The number of rotatable bonds is 4. The maximum atomic E-state index is 12.7. The number of hydrogen-bond acceptors (Lipinski definition) is 5. The Morgan fingerprint density at radius 2 is 2.04 bits per heavy atom. The van der Waals surface area contributed by atoms with E-state index >= 15 is 0 Å². The smallest absolute Gasteiger partial charge is 0.257 e. The van der Waals surface area contributed by atoms with E-state index in [1.807, 2.05) is 17.0 Å². The molecule has 1 aromatic heterocycles. The number of benzene rings is 1. The number of nitrogens with one attached hydrogen (secondary N) is 1. The summed E-state index contributed by atoms with van der Waals surface area (Å²) in [5.74, 6) is 0.524. The van der Waals surface area contributed by atoms with Gasteiger partial charge in [0.1, 0.15) is 0 Å². The van der Waals surface area contributed by atoms with Crippen LogP contribution in [0.5, 0.6) is 0 Å². The predicted octanol–water partition coefficient (Wildman–Crippen LogP) is 2.27. The summed E-state index contributed by atoms with van der Waals surface area (Å²) >= 11 is 0. The second-order valence-electron chi connectivity index (χ2n) is 6.56. The van der Waals surface area contributed by atoms with Crippen molar-refractivity contribution in [2.75, 3.05) is 25.0 Å². The van der Waals surface area contributed by atoms with Crippen molar-refractivity contribution in [3.8, 4) is 0 Å². The minimum atomic E-state index is -0.0137. The monoisotopic (exact) mass is 338 g/mol. The lowest BCUT2D eigenvalue weighted by Gasteiger charge is -2.28. The fraction of sp³-hybridized carbons (Fsp3) is 0.421. The lowest BCUT2D eigenvalue weighted by molar-refractivity contribution is 0.0734. The van der Waals surface area contributed by atoms with Crippen molar-refractivity contribution in [1.29, 1.82) is 0 Å². The van der Waals surface area contributed by atoms with Gasteiger partial charge in [0, 0.05) is 38.6 Å². The van der Waals surface area contributed by atoms with Gasteiger partial charge in [-0.05, 0) is 30.4 Å². The Labute approximate surface area is 147 Å². The molecule has 2 aliphatic heterocycles. The highest BCUT2D eigenvalue weighted by Gasteiger charge is 2.22. The van der Waals surface area contributed by atoms with Crippen LogP contribution in [0.25, 0.3) is 0 Å². The molecule has 25 heavy (non-hydrogen) atoms. The number of carbonyl (C=O) groups excluding carboxylic acids is 1. The van der Waals surface area contributed by atoms with Gasteiger partial charge in [-0.1, -0.05) is 24.3 Å². The van der Waals surface area contributed by atoms with E-state index in [1.165, 1.54) is 11.1 Å². The molecule has 0 aliphatic carbocycles. The lowest BCUT2D eigenvalue weighted by Crippen LogP contribution is -2.36. The highest BCUT2D eigenvalue weighted by atomic mass is 16.5. The van der Waals surface area contributed by atoms with Crippen LogP contribution in [0, 0.1) is 0 Å². The van der Waals surface area contributed by atoms with Crippen LogP contribution in [-0.2, 0) is 17.7 Å². The minimum absolute atomic E-state index is 0.0137. The van der Waals surface area contributed by atoms with Crippen LogP contribution >= 0.6 is 0 Å². The second-order valence-corrected chi connectivity index (χ2v) is 6.56. The maximum absolute atomic E-state index is 12.7. The summed E-state index contributed by atoms with van der Waals surface area (Å²) in [4.78, 5) is 23.1. The van der Waals surface area contributed by atoms with Crippen LogP contribution in [-0.4, -0.2) is 46.6 Å². The van der Waals surface area contributed by atoms with Crippen molar-refractivity contribution in [3.05, 3.63) is 53.3 Å². The van der Waals surface area contributed by atoms with Gasteiger partial charge in [-0.2, -0.15) is 0 Å². The number of carbonyl (C=O) groups is 1. The Hall–Kier alpha value is -2.47. The third-order valence-corrected chi connectivity index (χ3v) is 4.83. The summed E-state index contributed by atoms with van der Waals surface area (Å²) in [5.41, 5.74) is 3.08. The number of ether oxygens (including phenoxy) is 1. The molecule has 2 aliphatic rings. The Bertz CT molecular complexity index is 741. The average Bonchev–Trinajstić information content (AvgIpc) is 3.19. The highest BCUT2D eigenvalue weighted by molar-refractivity contribution is 5.93. The van der Waals surface area contributed by atoms with E-state index in [1.54, 1.807) is 12.4 Å². The standard InChI is InChI=1S/C19H22N4O2/c24-18(23-8-7-14-4-1-2-5-15(14)13-23)16-10-20-19(21-11-16)22-12-17-6-3-9-25-17/h1-2,4-5,10-11,17H,3,6-9,12-13H2,(H,20,21,22). The van der Waals surface area contributed by atoms with Crippen LogP contribution in [0.2, 0.25) is 0 Å². The quantitative estimate of drug-likeness (QED) is 0.926. The van der Waals surface area contributed by atoms with E-state index in [-0.39, 0.29) is 12.0 Å². The number of fused-ring (bicyclic) bond motifs is 1. The fourth-order valence-electron chi connectivity index (χ4n) is 3.39. The number of amides is 1. The normalized spacial score (nSPS) is 19.5. The van der Waals surface area contributed by atoms with Gasteiger partial charge in [0.2, 0.25) is 5.95 Å². The summed E-state index contributed by atoms with van der Waals surface area (Å²) < 4.78 is 5.57. The number of anilines is 1. The van der Waals surface area contributed by atoms with Gasteiger partial charge in [-0.25, -0.2) is 9.97 Å². The van der Waals surface area contributed by atoms with E-state index in [0.717, 1.165) is 32.4 Å². The Kier molecular flexibility index (Phi) is 4.61. The number of nitrogens with zero attached hydrogens (tertiary/aromatic N) is 3. The van der Waals surface area contributed by atoms with Crippen molar-refractivity contribution < 1.29 is 9.53 Å². The topological polar surface area (TPSA) is 67.3 Å². The molecule has 6 nitrogen and oxygen atoms in total. The van der Waals surface area contributed by atoms with Crippen molar-refractivity contribution in [2.45, 2.75) is 31.9 Å². The summed E-state index contributed by atoms with van der Waals surface area (Å²) in [6.45, 7) is 2.92. The molecule has 0 radical (unpaired) electrons. The van der Waals surface area contributed by atoms with Crippen molar-refractivity contribution in [3.63, 3.8) is 0 Å². The Morgan fingerprint density at radius 3 is 2.80 bits per heavy atom. The molecule has 0 spiro atoms. The van der Waals surface area contributed by atoms with Gasteiger partial charge in [0.25, 0.3) is 5.91 Å². The summed E-state index contributed by atoms with van der Waals surface area (Å²) in [7, 11) is 0. The van der Waals surface area contributed by atoms with Crippen LogP contribution in [0.3, 0.4) is 0 Å². The zero-order chi connectivity index (χ0) is 17.1. The molecule has 2 aromatic rings. The van der Waals surface area contributed by atoms with E-state index in [9.17, 15) is 4.79 Å². The molecule has 3 heterocycles. The highest BCUT2D eigenvalue weighted by Crippen LogP contribution is 2.20. The molecule has 1 N–H and O–H groups in total. The van der Waals surface area contributed by atoms with Crippen LogP contribution in [0.1, 0.15) is 34.3 Å². The van der Waals surface area contributed by atoms with Crippen molar-refractivity contribution >= 4 is 11.9 Å². The molecule has 4 rings (SSSR count). The first kappa shape index (κ1) is 16.0. The van der Waals surface area contributed by atoms with E-state index in [4.69, 9.17) is 4.74 Å². The van der Waals surface area contributed by atoms with Gasteiger partial charge >= 0.3 is 0 Å². The summed E-state index contributed by atoms with van der Waals surface area (Å²) in [6.07, 6.45) is 6.52. The van der Waals surface area contributed by atoms with Crippen molar-refractivity contribution in [1.82, 2.24) is 14.9 Å². The molecular formula is C19H22N4O2. The maximum Gasteiger partial charge on any atom is 0.257 e. The number of aromatic nitrogens is 2. The Balaban J connectivity index is 1.37. The molecule has 1 fully saturated rings. The van der Waals surface area contributed by atoms with Gasteiger partial charge in [0.15, 0.2) is 0 Å². The Morgan fingerprint density at radius 1 is 1.24 bits per heavy atom. The fourth-order valence-corrected chi connectivity index (χ4v) is 3.39. The second kappa shape index (κ2) is 7.19. The first-order valence-corrected chi connectivity index (χ1v) is 8.83. The number of hydrogen-bond donors (Lipinski definition) is 1. The molecule has 6 heteroatoms. The van der Waals surface area contributed by atoms with Gasteiger partial charge in [-0.15, -0.1) is 0 Å². The minimum Gasteiger partial charge on any atom is -0.376 e. The molecule has 0 saturated carbocycles. The molecule has 1 saturated heterocycles. The first-order valence-electron chi connectivity index (χ1n) is 8.83. The first-order chi connectivity index (χ1) is 12.3. The zero-order valence-electron chi connectivity index (χ0n) is 14.1. The SMILES string of the molecule is O=C(c1cnc(NCC2CCCO2)nc1)N1CCc2ccccc2C1. The predicted molar refractivity (Wildman–Crippen MR) is 94.4 cm³/mol. The molecule has 1 unspecified atom stereocenters. The summed E-state index contributed by atoms with van der Waals surface area (Å²) in [5, 5.41) is 3.17. The van der Waals surface area contributed by atoms with Gasteiger partial charge < -0.3 is 15.0 Å². The largest absolute Gasteiger partial charge is 0.376 e. The molecular weight excluding hydrogens is 316 g/mol. The summed E-state index contributed by atoms with van der Waals surface area (Å²) in [6, 6.07) is 8.29. The molecule has 130 valence electrons. The van der Waals surface area contributed by atoms with E-state index in [0.29, 0.717) is 24.6 Å². The van der Waals surface area contributed by atoms with Gasteiger partial charge in [0.05, 0.1) is 11.7 Å². The van der Waals surface area contributed by atoms with Gasteiger partial charge in [-0.3, -0.25) is 4.79 Å². The van der Waals surface area contributed by atoms with Crippen molar-refractivity contribution in [2.24, 2.45) is 0 Å². The third-order valence-electron chi connectivity index (χ3n) is 4.83. The molecule has 1 amide bonds. The molecule has 1 atom stereocenters. The lowest BCUT2D eigenvalue weighted by atomic mass is 9.99. The molecule has 0 bridgehead atoms. The third kappa shape index (κ3) is 3.64. The van der Waals surface area contributed by atoms with E-state index < -0.39 is 0 Å². The van der Waals surface area contributed by atoms with Crippen LogP contribution in [0.15, 0.2) is 36.7 Å².